The van der Waals surface area contributed by atoms with E-state index >= 15 is 0 Å². The Morgan fingerprint density at radius 2 is 1.39 bits per heavy atom. The van der Waals surface area contributed by atoms with Gasteiger partial charge in [0.1, 0.15) is 10.5 Å². The van der Waals surface area contributed by atoms with Crippen molar-refractivity contribution in [2.45, 2.75) is 83.1 Å². The number of anilines is 2. The van der Waals surface area contributed by atoms with Gasteiger partial charge >= 0.3 is 11.9 Å². The largest absolute Gasteiger partial charge is 0.478 e. The van der Waals surface area contributed by atoms with Crippen molar-refractivity contribution in [1.82, 2.24) is 0 Å². The van der Waals surface area contributed by atoms with E-state index in [0.717, 1.165) is 11.1 Å². The Hall–Kier alpha value is -3.06. The third-order valence-electron chi connectivity index (χ3n) is 7.70. The number of halogens is 2. The maximum atomic E-state index is 12.7. The van der Waals surface area contributed by atoms with Crippen LogP contribution in [-0.2, 0) is 34.4 Å². The molecule has 0 aliphatic heterocycles. The number of rotatable bonds is 10. The number of hydrogen-bond donors (Lipinski definition) is 3. The molecular formula is C32H40Cl2N2O8S2. The van der Waals surface area contributed by atoms with E-state index in [1.54, 1.807) is 49.4 Å². The fourth-order valence-electron chi connectivity index (χ4n) is 5.43. The molecule has 252 valence electrons. The summed E-state index contributed by atoms with van der Waals surface area (Å²) in [6.45, 7) is 7.46. The van der Waals surface area contributed by atoms with Gasteiger partial charge in [-0.15, -0.1) is 0 Å². The molecule has 0 bridgehead atoms. The van der Waals surface area contributed by atoms with Crippen molar-refractivity contribution in [3.8, 4) is 0 Å². The summed E-state index contributed by atoms with van der Waals surface area (Å²) in [5.41, 5.74) is 3.34. The minimum absolute atomic E-state index is 0.00878. The molecule has 0 amide bonds. The number of esters is 1. The lowest BCUT2D eigenvalue weighted by molar-refractivity contribution is -0.138. The van der Waals surface area contributed by atoms with Crippen LogP contribution in [-0.4, -0.2) is 51.0 Å². The van der Waals surface area contributed by atoms with Gasteiger partial charge < -0.3 is 9.84 Å². The number of carbonyl (C=O) groups excluding carboxylic acids is 1. The maximum absolute atomic E-state index is 12.7. The summed E-state index contributed by atoms with van der Waals surface area (Å²) in [5, 5.41) is 8.09. The van der Waals surface area contributed by atoms with Gasteiger partial charge in [0.2, 0.25) is 20.0 Å². The topological polar surface area (TPSA) is 156 Å². The number of hydrogen-bond acceptors (Lipinski definition) is 7. The van der Waals surface area contributed by atoms with Gasteiger partial charge in [-0.1, -0.05) is 53.9 Å². The summed E-state index contributed by atoms with van der Waals surface area (Å²) < 4.78 is 60.7. The first-order valence-corrected chi connectivity index (χ1v) is 18.8. The van der Waals surface area contributed by atoms with Crippen molar-refractivity contribution in [2.24, 2.45) is 0 Å². The number of ether oxygens (including phenoxy) is 1. The van der Waals surface area contributed by atoms with Gasteiger partial charge in [0.15, 0.2) is 0 Å². The second kappa shape index (κ2) is 16.2. The van der Waals surface area contributed by atoms with E-state index in [1.807, 2.05) is 20.8 Å². The zero-order valence-corrected chi connectivity index (χ0v) is 29.4. The van der Waals surface area contributed by atoms with Crippen molar-refractivity contribution in [3.05, 3.63) is 80.4 Å². The van der Waals surface area contributed by atoms with E-state index in [9.17, 15) is 31.5 Å². The molecule has 3 N–H and O–H groups in total. The Kier molecular flexibility index (Phi) is 13.1. The number of sulfonamides is 2. The highest BCUT2D eigenvalue weighted by Crippen LogP contribution is 2.34. The molecule has 14 heteroatoms. The second-order valence-electron chi connectivity index (χ2n) is 11.1. The summed E-state index contributed by atoms with van der Waals surface area (Å²) in [4.78, 5) is 23.6. The third kappa shape index (κ3) is 9.49. The SMILES string of the molecule is CCC1=C(C(=O)O)C(S(=O)(=O)Nc2ccc(C)cc2Cl)CCC1.CCOC(=O)C1=CCCCC1S(=O)(=O)Nc1ccc(C)cc1Cl. The summed E-state index contributed by atoms with van der Waals surface area (Å²) >= 11 is 12.2. The van der Waals surface area contributed by atoms with Gasteiger partial charge in [-0.2, -0.15) is 0 Å². The first kappa shape index (κ1) is 37.4. The highest BCUT2D eigenvalue weighted by atomic mass is 35.5. The van der Waals surface area contributed by atoms with Crippen LogP contribution in [0.2, 0.25) is 10.0 Å². The molecule has 0 heterocycles. The number of benzene rings is 2. The van der Waals surface area contributed by atoms with E-state index in [2.05, 4.69) is 9.44 Å². The van der Waals surface area contributed by atoms with E-state index in [1.165, 1.54) is 0 Å². The molecule has 2 unspecified atom stereocenters. The molecule has 2 aromatic carbocycles. The number of carboxylic acids is 1. The predicted octanol–water partition coefficient (Wildman–Crippen LogP) is 7.17. The number of aliphatic carboxylic acids is 1. The first-order chi connectivity index (χ1) is 21.6. The molecule has 0 spiro atoms. The molecule has 4 rings (SSSR count). The Labute approximate surface area is 281 Å². The molecule has 2 aliphatic rings. The molecule has 0 aromatic heterocycles. The van der Waals surface area contributed by atoms with Gasteiger partial charge in [-0.3, -0.25) is 9.44 Å². The van der Waals surface area contributed by atoms with Crippen molar-refractivity contribution in [2.75, 3.05) is 16.1 Å². The van der Waals surface area contributed by atoms with Crippen molar-refractivity contribution < 1.29 is 36.3 Å². The average molecular weight is 716 g/mol. The fourth-order valence-corrected chi connectivity index (χ4v) is 9.42. The van der Waals surface area contributed by atoms with Gasteiger partial charge in [-0.25, -0.2) is 26.4 Å². The predicted molar refractivity (Wildman–Crippen MR) is 182 cm³/mol. The molecule has 0 fully saturated rings. The van der Waals surface area contributed by atoms with Gasteiger partial charge in [0.25, 0.3) is 0 Å². The van der Waals surface area contributed by atoms with E-state index in [0.29, 0.717) is 66.3 Å². The molecule has 0 saturated heterocycles. The van der Waals surface area contributed by atoms with Crippen LogP contribution in [0.3, 0.4) is 0 Å². The lowest BCUT2D eigenvalue weighted by Crippen LogP contribution is -2.35. The minimum Gasteiger partial charge on any atom is -0.478 e. The van der Waals surface area contributed by atoms with E-state index in [-0.39, 0.29) is 23.4 Å². The lowest BCUT2D eigenvalue weighted by Gasteiger charge is -2.26. The second-order valence-corrected chi connectivity index (χ2v) is 15.7. The smallest absolute Gasteiger partial charge is 0.335 e. The van der Waals surface area contributed by atoms with E-state index < -0.39 is 42.5 Å². The monoisotopic (exact) mass is 714 g/mol. The summed E-state index contributed by atoms with van der Waals surface area (Å²) in [7, 11) is -7.67. The van der Waals surface area contributed by atoms with Gasteiger partial charge in [-0.05, 0) is 101 Å². The highest BCUT2D eigenvalue weighted by molar-refractivity contribution is 7.93. The van der Waals surface area contributed by atoms with Gasteiger partial charge in [0.05, 0.1) is 39.2 Å². The molecular weight excluding hydrogens is 675 g/mol. The summed E-state index contributed by atoms with van der Waals surface area (Å²) in [6, 6.07) is 10.1. The minimum atomic E-state index is -3.88. The Morgan fingerprint density at radius 1 is 0.870 bits per heavy atom. The normalized spacial score (nSPS) is 18.5. The molecule has 10 nitrogen and oxygen atoms in total. The summed E-state index contributed by atoms with van der Waals surface area (Å²) in [6.07, 6.45) is 5.54. The van der Waals surface area contributed by atoms with Crippen molar-refractivity contribution in [3.63, 3.8) is 0 Å². The molecule has 2 aromatic rings. The number of carboxylic acid groups (broad SMARTS) is 1. The van der Waals surface area contributed by atoms with E-state index in [4.69, 9.17) is 27.9 Å². The van der Waals surface area contributed by atoms with Gasteiger partial charge in [0, 0.05) is 0 Å². The molecule has 2 atom stereocenters. The van der Waals surface area contributed by atoms with Crippen LogP contribution >= 0.6 is 23.2 Å². The van der Waals surface area contributed by atoms with Crippen LogP contribution < -0.4 is 9.44 Å². The van der Waals surface area contributed by atoms with Crippen LogP contribution in [0.4, 0.5) is 11.4 Å². The van der Waals surface area contributed by atoms with Crippen LogP contribution in [0.25, 0.3) is 0 Å². The molecule has 2 aliphatic carbocycles. The quantitative estimate of drug-likeness (QED) is 0.219. The third-order valence-corrected chi connectivity index (χ3v) is 11.8. The number of allylic oxidation sites excluding steroid dienone is 2. The lowest BCUT2D eigenvalue weighted by atomic mass is 9.90. The number of carbonyl (C=O) groups is 2. The Balaban J connectivity index is 0.000000250. The first-order valence-electron chi connectivity index (χ1n) is 15.0. The molecule has 46 heavy (non-hydrogen) atoms. The molecule has 0 saturated carbocycles. The zero-order valence-electron chi connectivity index (χ0n) is 26.2. The maximum Gasteiger partial charge on any atom is 0.335 e. The number of aryl methyl sites for hydroxylation is 2. The van der Waals surface area contributed by atoms with Crippen LogP contribution in [0.5, 0.6) is 0 Å². The Bertz CT molecular complexity index is 1740. The average Bonchev–Trinajstić information content (AvgIpc) is 3.00. The van der Waals surface area contributed by atoms with Crippen LogP contribution in [0.15, 0.2) is 59.2 Å². The zero-order chi connectivity index (χ0) is 34.2. The Morgan fingerprint density at radius 3 is 1.87 bits per heavy atom. The number of nitrogens with one attached hydrogen (secondary N) is 2. The van der Waals surface area contributed by atoms with Crippen LogP contribution in [0, 0.1) is 13.8 Å². The highest BCUT2D eigenvalue weighted by Gasteiger charge is 2.37. The fraction of sp³-hybridized carbons (Fsp3) is 0.438. The summed E-state index contributed by atoms with van der Waals surface area (Å²) in [5.74, 6) is -1.73. The van der Waals surface area contributed by atoms with Crippen LogP contribution in [0.1, 0.15) is 69.9 Å². The van der Waals surface area contributed by atoms with Crippen molar-refractivity contribution in [1.29, 1.82) is 0 Å². The van der Waals surface area contributed by atoms with Crippen molar-refractivity contribution >= 4 is 66.6 Å². The molecule has 0 radical (unpaired) electrons. The standard InChI is InChI=1S/2C16H20ClNO4S/c1-3-11-5-4-6-14(15(11)16(19)20)23(21,22)18-13-8-7-10(2)9-12(13)17;1-3-22-16(19)12-6-4-5-7-15(12)23(20,21)18-14-9-8-11(2)10-13(14)17/h7-9,14,18H,3-6H2,1-2H3,(H,19,20);6,8-10,15,18H,3-5,7H2,1-2H3.